The molecule has 0 bridgehead atoms. The Morgan fingerprint density at radius 1 is 1.42 bits per heavy atom. The number of nitrogens with zero attached hydrogens (tertiary/aromatic N) is 3. The molecular weight excluding hydrogens is 322 g/mol. The smallest absolute Gasteiger partial charge is 0.251 e. The minimum Gasteiger partial charge on any atom is -0.355 e. The number of carbonyl (C=O) groups is 1. The topological polar surface area (TPSA) is 69.6 Å². The van der Waals surface area contributed by atoms with Gasteiger partial charge in [0.25, 0.3) is 5.91 Å². The molecule has 24 heavy (non-hydrogen) atoms. The van der Waals surface area contributed by atoms with Crippen molar-refractivity contribution in [3.05, 3.63) is 51.5 Å². The summed E-state index contributed by atoms with van der Waals surface area (Å²) in [5.74, 6) is 0.697. The Bertz CT molecular complexity index is 725. The molecule has 0 radical (unpaired) electrons. The van der Waals surface area contributed by atoms with Crippen molar-refractivity contribution in [2.75, 3.05) is 21.1 Å². The summed E-state index contributed by atoms with van der Waals surface area (Å²) in [6.45, 7) is 3.29. The molecule has 1 aromatic heterocycles. The molecule has 2 N–H and O–H groups in total. The summed E-state index contributed by atoms with van der Waals surface area (Å²) >= 11 is 1.65. The molecule has 1 aromatic carbocycles. The third-order valence-corrected chi connectivity index (χ3v) is 4.33. The summed E-state index contributed by atoms with van der Waals surface area (Å²) < 4.78 is 0. The number of aromatic nitrogens is 1. The summed E-state index contributed by atoms with van der Waals surface area (Å²) in [4.78, 5) is 22.5. The highest BCUT2D eigenvalue weighted by Gasteiger charge is 2.09. The highest BCUT2D eigenvalue weighted by molar-refractivity contribution is 7.09. The zero-order chi connectivity index (χ0) is 17.5. The monoisotopic (exact) mass is 345 g/mol. The van der Waals surface area contributed by atoms with Gasteiger partial charge in [-0.15, -0.1) is 11.3 Å². The van der Waals surface area contributed by atoms with E-state index in [9.17, 15) is 4.79 Å². The molecular formula is C17H23N5OS. The average Bonchev–Trinajstić information content (AvgIpc) is 2.99. The third kappa shape index (κ3) is 4.79. The molecule has 2 rings (SSSR count). The molecule has 0 aliphatic heterocycles. The van der Waals surface area contributed by atoms with Gasteiger partial charge in [0.1, 0.15) is 0 Å². The fourth-order valence-corrected chi connectivity index (χ4v) is 2.94. The first-order valence-electron chi connectivity index (χ1n) is 7.67. The van der Waals surface area contributed by atoms with Crippen LogP contribution in [-0.2, 0) is 13.1 Å². The van der Waals surface area contributed by atoms with E-state index in [2.05, 4.69) is 26.0 Å². The highest BCUT2D eigenvalue weighted by atomic mass is 32.1. The van der Waals surface area contributed by atoms with E-state index in [0.717, 1.165) is 22.2 Å². The molecule has 1 amide bonds. The SMILES string of the molecule is CN=C(NCc1cccc(C(=O)NC)c1)N(C)Cc1csc(C)n1. The van der Waals surface area contributed by atoms with Gasteiger partial charge in [0.15, 0.2) is 5.96 Å². The van der Waals surface area contributed by atoms with Crippen molar-refractivity contribution in [1.29, 1.82) is 0 Å². The molecule has 0 saturated heterocycles. The van der Waals surface area contributed by atoms with Gasteiger partial charge in [-0.25, -0.2) is 4.98 Å². The molecule has 1 heterocycles. The van der Waals surface area contributed by atoms with Crippen LogP contribution in [0.2, 0.25) is 0 Å². The van der Waals surface area contributed by atoms with Crippen LogP contribution in [0.15, 0.2) is 34.6 Å². The van der Waals surface area contributed by atoms with Gasteiger partial charge in [-0.05, 0) is 24.6 Å². The number of carbonyl (C=O) groups excluding carboxylic acids is 1. The Hall–Kier alpha value is -2.41. The Morgan fingerprint density at radius 2 is 2.21 bits per heavy atom. The van der Waals surface area contributed by atoms with E-state index in [-0.39, 0.29) is 5.91 Å². The van der Waals surface area contributed by atoms with Crippen LogP contribution in [0.25, 0.3) is 0 Å². The number of amides is 1. The number of rotatable bonds is 5. The first-order chi connectivity index (χ1) is 11.5. The van der Waals surface area contributed by atoms with Crippen LogP contribution in [0.4, 0.5) is 0 Å². The molecule has 7 heteroatoms. The lowest BCUT2D eigenvalue weighted by molar-refractivity contribution is 0.0963. The van der Waals surface area contributed by atoms with Gasteiger partial charge in [-0.3, -0.25) is 9.79 Å². The second-order valence-electron chi connectivity index (χ2n) is 5.39. The minimum absolute atomic E-state index is 0.0859. The summed E-state index contributed by atoms with van der Waals surface area (Å²) in [5.41, 5.74) is 2.71. The maximum Gasteiger partial charge on any atom is 0.251 e. The Balaban J connectivity index is 1.97. The van der Waals surface area contributed by atoms with E-state index in [1.807, 2.05) is 37.1 Å². The number of guanidine groups is 1. The lowest BCUT2D eigenvalue weighted by Gasteiger charge is -2.21. The van der Waals surface area contributed by atoms with Crippen molar-refractivity contribution in [3.63, 3.8) is 0 Å². The molecule has 2 aromatic rings. The molecule has 0 spiro atoms. The van der Waals surface area contributed by atoms with Gasteiger partial charge in [-0.2, -0.15) is 0 Å². The minimum atomic E-state index is -0.0859. The molecule has 0 aliphatic rings. The molecule has 128 valence electrons. The normalized spacial score (nSPS) is 11.2. The zero-order valence-electron chi connectivity index (χ0n) is 14.5. The van der Waals surface area contributed by atoms with E-state index in [1.54, 1.807) is 31.5 Å². The number of aryl methyl sites for hydroxylation is 1. The highest BCUT2D eigenvalue weighted by Crippen LogP contribution is 2.10. The fraction of sp³-hybridized carbons (Fsp3) is 0.353. The predicted molar refractivity (Wildman–Crippen MR) is 98.3 cm³/mol. The molecule has 0 saturated carbocycles. The Labute approximate surface area is 146 Å². The number of hydrogen-bond acceptors (Lipinski definition) is 4. The second kappa shape index (κ2) is 8.44. The summed E-state index contributed by atoms with van der Waals surface area (Å²) in [6.07, 6.45) is 0. The maximum atomic E-state index is 11.7. The van der Waals surface area contributed by atoms with Gasteiger partial charge in [-0.1, -0.05) is 12.1 Å². The van der Waals surface area contributed by atoms with Crippen molar-refractivity contribution >= 4 is 23.2 Å². The quantitative estimate of drug-likeness (QED) is 0.642. The fourth-order valence-electron chi connectivity index (χ4n) is 2.33. The van der Waals surface area contributed by atoms with Crippen LogP contribution < -0.4 is 10.6 Å². The molecule has 6 nitrogen and oxygen atoms in total. The van der Waals surface area contributed by atoms with E-state index in [4.69, 9.17) is 0 Å². The van der Waals surface area contributed by atoms with Crippen molar-refractivity contribution in [3.8, 4) is 0 Å². The summed E-state index contributed by atoms with van der Waals surface area (Å²) in [5, 5.41) is 9.08. The van der Waals surface area contributed by atoms with E-state index in [1.165, 1.54) is 0 Å². The van der Waals surface area contributed by atoms with Crippen LogP contribution in [0, 0.1) is 6.92 Å². The van der Waals surface area contributed by atoms with Gasteiger partial charge < -0.3 is 15.5 Å². The molecule has 0 unspecified atom stereocenters. The van der Waals surface area contributed by atoms with Crippen LogP contribution in [-0.4, -0.2) is 42.9 Å². The lowest BCUT2D eigenvalue weighted by Crippen LogP contribution is -2.38. The molecule has 0 fully saturated rings. The number of aliphatic imine (C=N–C) groups is 1. The number of thiazole rings is 1. The van der Waals surface area contributed by atoms with Gasteiger partial charge in [0.2, 0.25) is 0 Å². The third-order valence-electron chi connectivity index (χ3n) is 3.51. The first-order valence-corrected chi connectivity index (χ1v) is 8.55. The van der Waals surface area contributed by atoms with Crippen LogP contribution in [0.1, 0.15) is 26.6 Å². The van der Waals surface area contributed by atoms with E-state index in [0.29, 0.717) is 18.7 Å². The number of nitrogens with one attached hydrogen (secondary N) is 2. The second-order valence-corrected chi connectivity index (χ2v) is 6.46. The lowest BCUT2D eigenvalue weighted by atomic mass is 10.1. The van der Waals surface area contributed by atoms with Crippen LogP contribution in [0.5, 0.6) is 0 Å². The van der Waals surface area contributed by atoms with E-state index >= 15 is 0 Å². The van der Waals surface area contributed by atoms with Crippen molar-refractivity contribution in [2.45, 2.75) is 20.0 Å². The van der Waals surface area contributed by atoms with Crippen molar-refractivity contribution in [1.82, 2.24) is 20.5 Å². The average molecular weight is 345 g/mol. The van der Waals surface area contributed by atoms with Gasteiger partial charge in [0, 0.05) is 38.6 Å². The van der Waals surface area contributed by atoms with Crippen LogP contribution >= 0.6 is 11.3 Å². The van der Waals surface area contributed by atoms with Crippen LogP contribution in [0.3, 0.4) is 0 Å². The molecule has 0 atom stereocenters. The van der Waals surface area contributed by atoms with Crippen molar-refractivity contribution in [2.24, 2.45) is 4.99 Å². The summed E-state index contributed by atoms with van der Waals surface area (Å²) in [6, 6.07) is 7.54. The summed E-state index contributed by atoms with van der Waals surface area (Å²) in [7, 11) is 5.36. The Kier molecular flexibility index (Phi) is 6.31. The van der Waals surface area contributed by atoms with Crippen molar-refractivity contribution < 1.29 is 4.79 Å². The standard InChI is InChI=1S/C17H23N5OS/c1-12-21-15(11-24-12)10-22(4)17(19-3)20-9-13-6-5-7-14(8-13)16(23)18-2/h5-8,11H,9-10H2,1-4H3,(H,18,23)(H,19,20). The first kappa shape index (κ1) is 17.9. The maximum absolute atomic E-state index is 11.7. The Morgan fingerprint density at radius 3 is 2.83 bits per heavy atom. The van der Waals surface area contributed by atoms with Gasteiger partial charge in [0.05, 0.1) is 17.2 Å². The number of benzene rings is 1. The largest absolute Gasteiger partial charge is 0.355 e. The molecule has 0 aliphatic carbocycles. The predicted octanol–water partition coefficient (Wildman–Crippen LogP) is 2.02. The number of hydrogen-bond donors (Lipinski definition) is 2. The van der Waals surface area contributed by atoms with E-state index < -0.39 is 0 Å². The zero-order valence-corrected chi connectivity index (χ0v) is 15.3. The van der Waals surface area contributed by atoms with Gasteiger partial charge >= 0.3 is 0 Å².